The maximum atomic E-state index is 6.04. The molecule has 0 unspecified atom stereocenters. The lowest BCUT2D eigenvalue weighted by molar-refractivity contribution is 0.122. The Bertz CT molecular complexity index is 334. The largest absolute Gasteiger partial charge is 0.382 e. The van der Waals surface area contributed by atoms with Crippen molar-refractivity contribution in [2.24, 2.45) is 0 Å². The van der Waals surface area contributed by atoms with Gasteiger partial charge in [-0.1, -0.05) is 29.8 Å². The molecule has 0 atom stereocenters. The molecule has 0 aliphatic heterocycles. The zero-order valence-corrected chi connectivity index (χ0v) is 12.4. The van der Waals surface area contributed by atoms with Crippen molar-refractivity contribution in [1.29, 1.82) is 0 Å². The molecule has 1 N–H and O–H groups in total. The van der Waals surface area contributed by atoms with Crippen molar-refractivity contribution in [3.8, 4) is 0 Å². The van der Waals surface area contributed by atoms with Gasteiger partial charge in [0.2, 0.25) is 0 Å². The first kappa shape index (κ1) is 16.4. The SMILES string of the molecule is CCOCCCCNCCOCc1ccccc1Cl. The quantitative estimate of drug-likeness (QED) is 0.633. The number of nitrogens with one attached hydrogen (secondary N) is 1. The predicted molar refractivity (Wildman–Crippen MR) is 79.7 cm³/mol. The first-order valence-electron chi connectivity index (χ1n) is 6.94. The lowest BCUT2D eigenvalue weighted by atomic mass is 10.2. The Morgan fingerprint density at radius 3 is 2.68 bits per heavy atom. The third kappa shape index (κ3) is 8.22. The Morgan fingerprint density at radius 2 is 1.89 bits per heavy atom. The minimum atomic E-state index is 0.575. The zero-order chi connectivity index (χ0) is 13.8. The van der Waals surface area contributed by atoms with Gasteiger partial charge >= 0.3 is 0 Å². The molecule has 0 radical (unpaired) electrons. The lowest BCUT2D eigenvalue weighted by Crippen LogP contribution is -2.21. The molecule has 0 aliphatic carbocycles. The van der Waals surface area contributed by atoms with Crippen molar-refractivity contribution < 1.29 is 9.47 Å². The molecular formula is C15H24ClNO2. The summed E-state index contributed by atoms with van der Waals surface area (Å²) < 4.78 is 10.8. The second-order valence-corrected chi connectivity index (χ2v) is 4.71. The number of halogens is 1. The second-order valence-electron chi connectivity index (χ2n) is 4.30. The van der Waals surface area contributed by atoms with Crippen molar-refractivity contribution in [1.82, 2.24) is 5.32 Å². The van der Waals surface area contributed by atoms with E-state index in [9.17, 15) is 0 Å². The molecular weight excluding hydrogens is 262 g/mol. The monoisotopic (exact) mass is 285 g/mol. The molecule has 0 fully saturated rings. The average molecular weight is 286 g/mol. The fourth-order valence-electron chi connectivity index (χ4n) is 1.67. The summed E-state index contributed by atoms with van der Waals surface area (Å²) in [6.45, 7) is 6.86. The van der Waals surface area contributed by atoms with Gasteiger partial charge in [-0.15, -0.1) is 0 Å². The number of rotatable bonds is 11. The van der Waals surface area contributed by atoms with E-state index in [1.807, 2.05) is 31.2 Å². The number of benzene rings is 1. The molecule has 19 heavy (non-hydrogen) atoms. The van der Waals surface area contributed by atoms with Crippen LogP contribution in [0.2, 0.25) is 5.02 Å². The summed E-state index contributed by atoms with van der Waals surface area (Å²) in [6.07, 6.45) is 2.26. The van der Waals surface area contributed by atoms with Crippen molar-refractivity contribution in [3.05, 3.63) is 34.9 Å². The Kier molecular flexibility index (Phi) is 9.72. The first-order chi connectivity index (χ1) is 9.34. The van der Waals surface area contributed by atoms with E-state index >= 15 is 0 Å². The van der Waals surface area contributed by atoms with E-state index in [1.54, 1.807) is 0 Å². The minimum absolute atomic E-state index is 0.575. The number of hydrogen-bond donors (Lipinski definition) is 1. The Balaban J connectivity index is 1.90. The van der Waals surface area contributed by atoms with Gasteiger partial charge in [-0.25, -0.2) is 0 Å². The summed E-state index contributed by atoms with van der Waals surface area (Å²) in [5, 5.41) is 4.12. The molecule has 0 aliphatic rings. The fraction of sp³-hybridized carbons (Fsp3) is 0.600. The van der Waals surface area contributed by atoms with E-state index in [0.717, 1.165) is 49.7 Å². The van der Waals surface area contributed by atoms with Gasteiger partial charge in [0.15, 0.2) is 0 Å². The van der Waals surface area contributed by atoms with Gasteiger partial charge in [0.1, 0.15) is 0 Å². The molecule has 1 aromatic rings. The Labute approximate surface area is 121 Å². The maximum Gasteiger partial charge on any atom is 0.0731 e. The third-order valence-electron chi connectivity index (χ3n) is 2.73. The van der Waals surface area contributed by atoms with Gasteiger partial charge in [0.05, 0.1) is 13.2 Å². The number of hydrogen-bond acceptors (Lipinski definition) is 3. The highest BCUT2D eigenvalue weighted by Crippen LogP contribution is 2.15. The molecule has 1 rings (SSSR count). The number of unbranched alkanes of at least 4 members (excludes halogenated alkanes) is 1. The molecule has 0 saturated carbocycles. The van der Waals surface area contributed by atoms with E-state index in [0.29, 0.717) is 13.2 Å². The highest BCUT2D eigenvalue weighted by Gasteiger charge is 1.98. The van der Waals surface area contributed by atoms with Crippen LogP contribution in [0.5, 0.6) is 0 Å². The summed E-state index contributed by atoms with van der Waals surface area (Å²) in [7, 11) is 0. The van der Waals surface area contributed by atoms with Crippen LogP contribution < -0.4 is 5.32 Å². The van der Waals surface area contributed by atoms with Crippen LogP contribution in [0.4, 0.5) is 0 Å². The average Bonchev–Trinajstić information content (AvgIpc) is 2.43. The van der Waals surface area contributed by atoms with E-state index < -0.39 is 0 Å². The first-order valence-corrected chi connectivity index (χ1v) is 7.32. The summed E-state index contributed by atoms with van der Waals surface area (Å²) in [5.74, 6) is 0. The van der Waals surface area contributed by atoms with E-state index in [-0.39, 0.29) is 0 Å². The van der Waals surface area contributed by atoms with Crippen LogP contribution in [0.15, 0.2) is 24.3 Å². The molecule has 0 amide bonds. The highest BCUT2D eigenvalue weighted by molar-refractivity contribution is 6.31. The molecule has 3 nitrogen and oxygen atoms in total. The van der Waals surface area contributed by atoms with Crippen molar-refractivity contribution >= 4 is 11.6 Å². The maximum absolute atomic E-state index is 6.04. The zero-order valence-electron chi connectivity index (χ0n) is 11.7. The van der Waals surface area contributed by atoms with Crippen molar-refractivity contribution in [2.45, 2.75) is 26.4 Å². The molecule has 4 heteroatoms. The molecule has 1 aromatic carbocycles. The summed E-state index contributed by atoms with van der Waals surface area (Å²) >= 11 is 6.04. The summed E-state index contributed by atoms with van der Waals surface area (Å²) in [4.78, 5) is 0. The minimum Gasteiger partial charge on any atom is -0.382 e. The molecule has 0 saturated heterocycles. The van der Waals surface area contributed by atoms with E-state index in [4.69, 9.17) is 21.1 Å². The van der Waals surface area contributed by atoms with Crippen LogP contribution in [0.3, 0.4) is 0 Å². The van der Waals surface area contributed by atoms with Gasteiger partial charge in [0.25, 0.3) is 0 Å². The standard InChI is InChI=1S/C15H24ClNO2/c1-2-18-11-6-5-9-17-10-12-19-13-14-7-3-4-8-15(14)16/h3-4,7-8,17H,2,5-6,9-13H2,1H3. The molecule has 0 bridgehead atoms. The van der Waals surface area contributed by atoms with Gasteiger partial charge in [-0.3, -0.25) is 0 Å². The van der Waals surface area contributed by atoms with Crippen LogP contribution in [-0.2, 0) is 16.1 Å². The van der Waals surface area contributed by atoms with Gasteiger partial charge in [-0.05, 0) is 37.9 Å². The normalized spacial score (nSPS) is 10.8. The van der Waals surface area contributed by atoms with Crippen LogP contribution in [-0.4, -0.2) is 32.9 Å². The second kappa shape index (κ2) is 11.2. The predicted octanol–water partition coefficient (Wildman–Crippen LogP) is 3.26. The number of ether oxygens (including phenoxy) is 2. The smallest absolute Gasteiger partial charge is 0.0731 e. The van der Waals surface area contributed by atoms with Crippen LogP contribution >= 0.6 is 11.6 Å². The fourth-order valence-corrected chi connectivity index (χ4v) is 1.86. The van der Waals surface area contributed by atoms with Gasteiger partial charge < -0.3 is 14.8 Å². The van der Waals surface area contributed by atoms with Gasteiger partial charge in [0, 0.05) is 24.8 Å². The van der Waals surface area contributed by atoms with Crippen LogP contribution in [0, 0.1) is 0 Å². The molecule has 0 spiro atoms. The Hall–Kier alpha value is -0.610. The summed E-state index contributed by atoms with van der Waals surface area (Å²) in [6, 6.07) is 7.78. The topological polar surface area (TPSA) is 30.5 Å². The van der Waals surface area contributed by atoms with E-state index in [2.05, 4.69) is 5.32 Å². The Morgan fingerprint density at radius 1 is 1.05 bits per heavy atom. The molecule has 108 valence electrons. The van der Waals surface area contributed by atoms with Gasteiger partial charge in [-0.2, -0.15) is 0 Å². The van der Waals surface area contributed by atoms with Crippen LogP contribution in [0.25, 0.3) is 0 Å². The van der Waals surface area contributed by atoms with E-state index in [1.165, 1.54) is 0 Å². The van der Waals surface area contributed by atoms with Crippen molar-refractivity contribution in [3.63, 3.8) is 0 Å². The third-order valence-corrected chi connectivity index (χ3v) is 3.10. The highest BCUT2D eigenvalue weighted by atomic mass is 35.5. The van der Waals surface area contributed by atoms with Crippen molar-refractivity contribution in [2.75, 3.05) is 32.9 Å². The molecule has 0 heterocycles. The molecule has 0 aromatic heterocycles. The summed E-state index contributed by atoms with van der Waals surface area (Å²) in [5.41, 5.74) is 1.04. The van der Waals surface area contributed by atoms with Crippen LogP contribution in [0.1, 0.15) is 25.3 Å². The lowest BCUT2D eigenvalue weighted by Gasteiger charge is -2.07.